The normalized spacial score (nSPS) is 23.7. The number of rotatable bonds is 4. The number of ether oxygens (including phenoxy) is 1. The molecule has 1 heterocycles. The van der Waals surface area contributed by atoms with Crippen LogP contribution in [0.4, 0.5) is 0 Å². The molecule has 1 aliphatic heterocycles. The maximum Gasteiger partial charge on any atom is 0.222 e. The zero-order chi connectivity index (χ0) is 13.4. The average molecular weight is 259 g/mol. The molecule has 2 atom stereocenters. The SMILES string of the molecule is CCC(=O)N(C)CC1CC1c1cccc2c1CCO2. The smallest absolute Gasteiger partial charge is 0.222 e. The summed E-state index contributed by atoms with van der Waals surface area (Å²) in [5, 5.41) is 0. The van der Waals surface area contributed by atoms with E-state index in [2.05, 4.69) is 18.2 Å². The molecule has 3 nitrogen and oxygen atoms in total. The fraction of sp³-hybridized carbons (Fsp3) is 0.562. The zero-order valence-electron chi connectivity index (χ0n) is 11.7. The maximum absolute atomic E-state index is 11.6. The molecule has 2 aliphatic rings. The lowest BCUT2D eigenvalue weighted by molar-refractivity contribution is -0.129. The van der Waals surface area contributed by atoms with E-state index in [9.17, 15) is 4.79 Å². The first kappa shape index (κ1) is 12.5. The van der Waals surface area contributed by atoms with Crippen LogP contribution in [0.1, 0.15) is 36.8 Å². The van der Waals surface area contributed by atoms with Gasteiger partial charge in [0, 0.05) is 32.0 Å². The van der Waals surface area contributed by atoms with Gasteiger partial charge in [-0.25, -0.2) is 0 Å². The van der Waals surface area contributed by atoms with Crippen LogP contribution in [0.25, 0.3) is 0 Å². The Morgan fingerprint density at radius 3 is 3.11 bits per heavy atom. The summed E-state index contributed by atoms with van der Waals surface area (Å²) in [6.07, 6.45) is 2.85. The van der Waals surface area contributed by atoms with Crippen LogP contribution in [-0.4, -0.2) is 31.0 Å². The molecule has 1 saturated carbocycles. The van der Waals surface area contributed by atoms with Gasteiger partial charge in [0.15, 0.2) is 0 Å². The van der Waals surface area contributed by atoms with Gasteiger partial charge < -0.3 is 9.64 Å². The van der Waals surface area contributed by atoms with Crippen LogP contribution in [0.15, 0.2) is 18.2 Å². The van der Waals surface area contributed by atoms with Gasteiger partial charge in [-0.1, -0.05) is 19.1 Å². The van der Waals surface area contributed by atoms with Crippen LogP contribution in [0, 0.1) is 5.92 Å². The number of hydrogen-bond donors (Lipinski definition) is 0. The summed E-state index contributed by atoms with van der Waals surface area (Å²) in [5.74, 6) is 2.57. The molecule has 0 bridgehead atoms. The number of hydrogen-bond acceptors (Lipinski definition) is 2. The van der Waals surface area contributed by atoms with Crippen LogP contribution >= 0.6 is 0 Å². The fourth-order valence-corrected chi connectivity index (χ4v) is 3.15. The highest BCUT2D eigenvalue weighted by Crippen LogP contribution is 2.50. The van der Waals surface area contributed by atoms with Gasteiger partial charge in [0.1, 0.15) is 5.75 Å². The van der Waals surface area contributed by atoms with E-state index in [0.717, 1.165) is 25.3 Å². The molecule has 1 fully saturated rings. The summed E-state index contributed by atoms with van der Waals surface area (Å²) in [5.41, 5.74) is 2.86. The van der Waals surface area contributed by atoms with Crippen LogP contribution in [-0.2, 0) is 11.2 Å². The third-order valence-electron chi connectivity index (χ3n) is 4.34. The number of carbonyl (C=O) groups is 1. The van der Waals surface area contributed by atoms with E-state index >= 15 is 0 Å². The van der Waals surface area contributed by atoms with Gasteiger partial charge in [-0.05, 0) is 29.9 Å². The summed E-state index contributed by atoms with van der Waals surface area (Å²) < 4.78 is 5.62. The second-order valence-corrected chi connectivity index (χ2v) is 5.65. The van der Waals surface area contributed by atoms with Crippen molar-refractivity contribution in [2.45, 2.75) is 32.1 Å². The molecule has 0 N–H and O–H groups in total. The minimum atomic E-state index is 0.243. The van der Waals surface area contributed by atoms with E-state index in [1.165, 1.54) is 17.5 Å². The molecule has 0 radical (unpaired) electrons. The largest absolute Gasteiger partial charge is 0.493 e. The molecule has 1 aromatic rings. The Morgan fingerprint density at radius 2 is 2.32 bits per heavy atom. The first-order valence-corrected chi connectivity index (χ1v) is 7.19. The van der Waals surface area contributed by atoms with Crippen LogP contribution in [0.3, 0.4) is 0 Å². The Balaban J connectivity index is 1.67. The zero-order valence-corrected chi connectivity index (χ0v) is 11.7. The van der Waals surface area contributed by atoms with Gasteiger partial charge in [0.25, 0.3) is 0 Å². The molecule has 0 aromatic heterocycles. The average Bonchev–Trinajstić information content (AvgIpc) is 3.00. The first-order chi connectivity index (χ1) is 9.20. The van der Waals surface area contributed by atoms with E-state index in [1.807, 2.05) is 18.9 Å². The van der Waals surface area contributed by atoms with Gasteiger partial charge in [-0.3, -0.25) is 4.79 Å². The maximum atomic E-state index is 11.6. The molecular weight excluding hydrogens is 238 g/mol. The molecular formula is C16H21NO2. The molecule has 3 rings (SSSR count). The lowest BCUT2D eigenvalue weighted by Crippen LogP contribution is -2.28. The Morgan fingerprint density at radius 1 is 1.47 bits per heavy atom. The van der Waals surface area contributed by atoms with E-state index in [1.54, 1.807) is 0 Å². The number of amides is 1. The van der Waals surface area contributed by atoms with Crippen molar-refractivity contribution >= 4 is 5.91 Å². The Kier molecular flexibility index (Phi) is 3.21. The van der Waals surface area contributed by atoms with E-state index in [-0.39, 0.29) is 5.91 Å². The first-order valence-electron chi connectivity index (χ1n) is 7.19. The van der Waals surface area contributed by atoms with Crippen molar-refractivity contribution in [1.82, 2.24) is 4.90 Å². The van der Waals surface area contributed by atoms with Crippen molar-refractivity contribution in [1.29, 1.82) is 0 Å². The highest BCUT2D eigenvalue weighted by Gasteiger charge is 2.41. The minimum absolute atomic E-state index is 0.243. The molecule has 1 aliphatic carbocycles. The second kappa shape index (κ2) is 4.87. The van der Waals surface area contributed by atoms with Crippen molar-refractivity contribution in [3.05, 3.63) is 29.3 Å². The monoisotopic (exact) mass is 259 g/mol. The third-order valence-corrected chi connectivity index (χ3v) is 4.34. The molecule has 2 unspecified atom stereocenters. The summed E-state index contributed by atoms with van der Waals surface area (Å²) in [7, 11) is 1.92. The molecule has 102 valence electrons. The Labute approximate surface area is 114 Å². The molecule has 1 amide bonds. The third kappa shape index (κ3) is 2.34. The fourth-order valence-electron chi connectivity index (χ4n) is 3.15. The van der Waals surface area contributed by atoms with Crippen LogP contribution in [0.5, 0.6) is 5.75 Å². The molecule has 0 spiro atoms. The Bertz CT molecular complexity index is 498. The van der Waals surface area contributed by atoms with Gasteiger partial charge >= 0.3 is 0 Å². The van der Waals surface area contributed by atoms with Gasteiger partial charge in [0.2, 0.25) is 5.91 Å². The number of benzene rings is 1. The van der Waals surface area contributed by atoms with Crippen molar-refractivity contribution in [2.24, 2.45) is 5.92 Å². The van der Waals surface area contributed by atoms with Crippen molar-refractivity contribution in [2.75, 3.05) is 20.2 Å². The number of nitrogens with zero attached hydrogens (tertiary/aromatic N) is 1. The highest BCUT2D eigenvalue weighted by atomic mass is 16.5. The van der Waals surface area contributed by atoms with Crippen molar-refractivity contribution in [3.63, 3.8) is 0 Å². The standard InChI is InChI=1S/C16H21NO2/c1-3-16(18)17(2)10-11-9-14(11)12-5-4-6-15-13(12)7-8-19-15/h4-6,11,14H,3,7-10H2,1-2H3. The lowest BCUT2D eigenvalue weighted by Gasteiger charge is -2.16. The van der Waals surface area contributed by atoms with Crippen molar-refractivity contribution < 1.29 is 9.53 Å². The van der Waals surface area contributed by atoms with Crippen molar-refractivity contribution in [3.8, 4) is 5.75 Å². The Hall–Kier alpha value is -1.51. The number of carbonyl (C=O) groups excluding carboxylic acids is 1. The quantitative estimate of drug-likeness (QED) is 0.832. The lowest BCUT2D eigenvalue weighted by atomic mass is 10.00. The number of fused-ring (bicyclic) bond motifs is 1. The van der Waals surface area contributed by atoms with Gasteiger partial charge in [0.05, 0.1) is 6.61 Å². The summed E-state index contributed by atoms with van der Waals surface area (Å²) >= 11 is 0. The topological polar surface area (TPSA) is 29.5 Å². The van der Waals surface area contributed by atoms with E-state index in [4.69, 9.17) is 4.74 Å². The van der Waals surface area contributed by atoms with Crippen LogP contribution in [0.2, 0.25) is 0 Å². The highest BCUT2D eigenvalue weighted by molar-refractivity contribution is 5.75. The van der Waals surface area contributed by atoms with E-state index < -0.39 is 0 Å². The predicted octanol–water partition coefficient (Wildman–Crippen LogP) is 2.59. The molecule has 19 heavy (non-hydrogen) atoms. The van der Waals surface area contributed by atoms with Gasteiger partial charge in [-0.2, -0.15) is 0 Å². The second-order valence-electron chi connectivity index (χ2n) is 5.65. The summed E-state index contributed by atoms with van der Waals surface area (Å²) in [4.78, 5) is 13.5. The molecule has 3 heteroatoms. The molecule has 1 aromatic carbocycles. The minimum Gasteiger partial charge on any atom is -0.493 e. The van der Waals surface area contributed by atoms with Crippen LogP contribution < -0.4 is 4.74 Å². The van der Waals surface area contributed by atoms with E-state index in [0.29, 0.717) is 18.3 Å². The van der Waals surface area contributed by atoms with Gasteiger partial charge in [-0.15, -0.1) is 0 Å². The predicted molar refractivity (Wildman–Crippen MR) is 74.4 cm³/mol. The summed E-state index contributed by atoms with van der Waals surface area (Å²) in [6.45, 7) is 3.63. The molecule has 0 saturated heterocycles. The summed E-state index contributed by atoms with van der Waals surface area (Å²) in [6, 6.07) is 6.39.